The van der Waals surface area contributed by atoms with Crippen LogP contribution in [-0.2, 0) is 27.9 Å². The SMILES string of the molecule is CC/C=C\C/C=C\C/C=C\C/C=C\C/C=C\CCCCCCCCOCC(COP(=O)(O)OCCN)OC(=O)CCCCCCC/C=C\CCC. The zero-order valence-electron chi connectivity index (χ0n) is 32.3. The Labute approximate surface area is 312 Å². The van der Waals surface area contributed by atoms with Crippen LogP contribution in [0.4, 0.5) is 0 Å². The topological polar surface area (TPSA) is 117 Å². The number of carbonyl (C=O) groups excluding carboxylic acids is 1. The Hall–Kier alpha value is -2.06. The summed E-state index contributed by atoms with van der Waals surface area (Å²) in [5, 5.41) is 0. The highest BCUT2D eigenvalue weighted by Crippen LogP contribution is 2.43. The molecule has 0 aromatic carbocycles. The van der Waals surface area contributed by atoms with E-state index in [9.17, 15) is 14.3 Å². The normalized spacial score (nSPS) is 14.4. The number of unbranched alkanes of at least 4 members (excludes halogenated alkanes) is 12. The third-order valence-electron chi connectivity index (χ3n) is 7.84. The predicted molar refractivity (Wildman–Crippen MR) is 215 cm³/mol. The third-order valence-corrected chi connectivity index (χ3v) is 8.82. The van der Waals surface area contributed by atoms with Gasteiger partial charge in [0, 0.05) is 19.6 Å². The second-order valence-electron chi connectivity index (χ2n) is 12.8. The summed E-state index contributed by atoms with van der Waals surface area (Å²) in [6.45, 7) is 4.67. The summed E-state index contributed by atoms with van der Waals surface area (Å²) in [5.41, 5.74) is 5.35. The molecule has 9 heteroatoms. The zero-order chi connectivity index (χ0) is 37.4. The second kappa shape index (κ2) is 39.2. The lowest BCUT2D eigenvalue weighted by molar-refractivity contribution is -0.154. The van der Waals surface area contributed by atoms with Crippen LogP contribution >= 0.6 is 7.82 Å². The van der Waals surface area contributed by atoms with Gasteiger partial charge in [-0.05, 0) is 77.0 Å². The van der Waals surface area contributed by atoms with Gasteiger partial charge in [0.2, 0.25) is 0 Å². The lowest BCUT2D eigenvalue weighted by Crippen LogP contribution is -2.28. The fraction of sp³-hybridized carbons (Fsp3) is 0.690. The van der Waals surface area contributed by atoms with Crippen molar-refractivity contribution < 1.29 is 32.8 Å². The number of rotatable bonds is 37. The van der Waals surface area contributed by atoms with E-state index in [0.717, 1.165) is 96.3 Å². The molecule has 0 aromatic heterocycles. The Morgan fingerprint density at radius 2 is 1.10 bits per heavy atom. The van der Waals surface area contributed by atoms with Crippen molar-refractivity contribution in [2.45, 2.75) is 155 Å². The molecular formula is C42H74NO7P. The summed E-state index contributed by atoms with van der Waals surface area (Å²) in [7, 11) is -4.28. The molecular weight excluding hydrogens is 661 g/mol. The molecule has 3 N–H and O–H groups in total. The first-order chi connectivity index (χ1) is 24.9. The Kier molecular flexibility index (Phi) is 37.6. The highest BCUT2D eigenvalue weighted by Gasteiger charge is 2.25. The van der Waals surface area contributed by atoms with Gasteiger partial charge in [0.15, 0.2) is 0 Å². The Bertz CT molecular complexity index is 1010. The number of phosphoric ester groups is 1. The molecule has 0 saturated carbocycles. The number of hydrogen-bond donors (Lipinski definition) is 2. The summed E-state index contributed by atoms with van der Waals surface area (Å²) < 4.78 is 33.3. The largest absolute Gasteiger partial charge is 0.472 e. The van der Waals surface area contributed by atoms with Crippen LogP contribution in [0.25, 0.3) is 0 Å². The molecule has 0 aliphatic heterocycles. The molecule has 0 aromatic rings. The molecule has 8 nitrogen and oxygen atoms in total. The van der Waals surface area contributed by atoms with Gasteiger partial charge in [-0.3, -0.25) is 13.8 Å². The Balaban J connectivity index is 4.06. The number of ether oxygens (including phenoxy) is 2. The molecule has 0 aliphatic rings. The first kappa shape index (κ1) is 48.9. The number of nitrogens with two attached hydrogens (primary N) is 1. The molecule has 0 radical (unpaired) electrons. The lowest BCUT2D eigenvalue weighted by Gasteiger charge is -2.20. The van der Waals surface area contributed by atoms with E-state index < -0.39 is 13.9 Å². The average Bonchev–Trinajstić information content (AvgIpc) is 3.12. The van der Waals surface area contributed by atoms with Crippen molar-refractivity contribution >= 4 is 13.8 Å². The smallest absolute Gasteiger partial charge is 0.457 e. The summed E-state index contributed by atoms with van der Waals surface area (Å²) in [4.78, 5) is 22.3. The van der Waals surface area contributed by atoms with Crippen LogP contribution in [0.3, 0.4) is 0 Å². The van der Waals surface area contributed by atoms with Crippen molar-refractivity contribution in [1.82, 2.24) is 0 Å². The van der Waals surface area contributed by atoms with Gasteiger partial charge >= 0.3 is 13.8 Å². The van der Waals surface area contributed by atoms with Crippen molar-refractivity contribution in [2.75, 3.05) is 33.0 Å². The lowest BCUT2D eigenvalue weighted by atomic mass is 10.1. The number of hydrogen-bond acceptors (Lipinski definition) is 7. The van der Waals surface area contributed by atoms with Gasteiger partial charge in [-0.25, -0.2) is 4.57 Å². The highest BCUT2D eigenvalue weighted by molar-refractivity contribution is 7.47. The summed E-state index contributed by atoms with van der Waals surface area (Å²) in [6, 6.07) is 0. The van der Waals surface area contributed by atoms with Crippen LogP contribution in [0, 0.1) is 0 Å². The molecule has 0 rings (SSSR count). The average molecular weight is 736 g/mol. The maximum Gasteiger partial charge on any atom is 0.472 e. The van der Waals surface area contributed by atoms with Gasteiger partial charge in [0.1, 0.15) is 6.10 Å². The predicted octanol–water partition coefficient (Wildman–Crippen LogP) is 11.6. The molecule has 0 amide bonds. The fourth-order valence-electron chi connectivity index (χ4n) is 4.96. The quantitative estimate of drug-likeness (QED) is 0.0280. The van der Waals surface area contributed by atoms with E-state index in [0.29, 0.717) is 13.0 Å². The van der Waals surface area contributed by atoms with E-state index in [1.54, 1.807) is 0 Å². The first-order valence-corrected chi connectivity index (χ1v) is 21.4. The molecule has 0 saturated heterocycles. The summed E-state index contributed by atoms with van der Waals surface area (Å²) in [6.07, 6.45) is 47.8. The monoisotopic (exact) mass is 736 g/mol. The van der Waals surface area contributed by atoms with Crippen LogP contribution in [-0.4, -0.2) is 49.9 Å². The van der Waals surface area contributed by atoms with Crippen molar-refractivity contribution in [1.29, 1.82) is 0 Å². The third kappa shape index (κ3) is 39.0. The van der Waals surface area contributed by atoms with Crippen LogP contribution in [0.15, 0.2) is 72.9 Å². The van der Waals surface area contributed by atoms with Gasteiger partial charge in [-0.1, -0.05) is 138 Å². The number of esters is 1. The maximum atomic E-state index is 12.5. The molecule has 0 spiro atoms. The summed E-state index contributed by atoms with van der Waals surface area (Å²) in [5.74, 6) is -0.352. The Morgan fingerprint density at radius 3 is 1.67 bits per heavy atom. The van der Waals surface area contributed by atoms with Crippen molar-refractivity contribution in [2.24, 2.45) is 5.73 Å². The van der Waals surface area contributed by atoms with Gasteiger partial charge in [0.25, 0.3) is 0 Å². The van der Waals surface area contributed by atoms with E-state index in [2.05, 4.69) is 86.8 Å². The minimum Gasteiger partial charge on any atom is -0.457 e. The maximum absolute atomic E-state index is 12.5. The van der Waals surface area contributed by atoms with Gasteiger partial charge < -0.3 is 20.1 Å². The minimum atomic E-state index is -4.28. The van der Waals surface area contributed by atoms with Gasteiger partial charge in [-0.15, -0.1) is 0 Å². The molecule has 0 heterocycles. The van der Waals surface area contributed by atoms with E-state index in [1.807, 2.05) is 0 Å². The van der Waals surface area contributed by atoms with E-state index in [-0.39, 0.29) is 32.3 Å². The van der Waals surface area contributed by atoms with Crippen molar-refractivity contribution in [3.63, 3.8) is 0 Å². The summed E-state index contributed by atoms with van der Waals surface area (Å²) >= 11 is 0. The number of allylic oxidation sites excluding steroid dienone is 12. The van der Waals surface area contributed by atoms with Crippen LogP contribution in [0.1, 0.15) is 149 Å². The second-order valence-corrected chi connectivity index (χ2v) is 14.2. The van der Waals surface area contributed by atoms with Gasteiger partial charge in [0.05, 0.1) is 19.8 Å². The van der Waals surface area contributed by atoms with Crippen LogP contribution < -0.4 is 5.73 Å². The van der Waals surface area contributed by atoms with Gasteiger partial charge in [-0.2, -0.15) is 0 Å². The van der Waals surface area contributed by atoms with E-state index in [1.165, 1.54) is 32.1 Å². The number of carbonyl (C=O) groups is 1. The molecule has 0 fully saturated rings. The van der Waals surface area contributed by atoms with Crippen LogP contribution in [0.2, 0.25) is 0 Å². The minimum absolute atomic E-state index is 0.0926. The van der Waals surface area contributed by atoms with Crippen LogP contribution in [0.5, 0.6) is 0 Å². The Morgan fingerprint density at radius 1 is 0.608 bits per heavy atom. The first-order valence-electron chi connectivity index (χ1n) is 19.9. The van der Waals surface area contributed by atoms with Crippen molar-refractivity contribution in [3.05, 3.63) is 72.9 Å². The molecule has 2 unspecified atom stereocenters. The molecule has 51 heavy (non-hydrogen) atoms. The molecule has 0 bridgehead atoms. The highest BCUT2D eigenvalue weighted by atomic mass is 31.2. The number of phosphoric acid groups is 1. The standard InChI is InChI=1S/C42H74NO7P/c1-3-5-7-9-11-13-15-16-17-18-19-20-21-22-23-24-25-26-28-30-32-34-37-47-39-41(40-49-51(45,46)48-38-36-43)50-42(44)35-33-31-29-27-14-12-10-8-6-4-2/h5,7-8,10-11,13,16-17,19-20,22-23,41H,3-4,6,9,12,14-15,18,21,24-40,43H2,1-2H3,(H,45,46)/b7-5-,10-8-,13-11-,17-16-,20-19-,23-22-. The molecule has 0 aliphatic carbocycles. The molecule has 2 atom stereocenters. The molecule has 294 valence electrons. The fourth-order valence-corrected chi connectivity index (χ4v) is 5.73. The van der Waals surface area contributed by atoms with E-state index >= 15 is 0 Å². The zero-order valence-corrected chi connectivity index (χ0v) is 33.2. The van der Waals surface area contributed by atoms with Crippen molar-refractivity contribution in [3.8, 4) is 0 Å². The van der Waals surface area contributed by atoms with E-state index in [4.69, 9.17) is 24.3 Å².